The standard InChI is InChI=1S/C20H30N6S/c1-3-18-25-24-16-26(18)14-13-22-19(21-2)23-15-20(11-7-8-12-20)27-17-9-5-4-6-10-17/h4-6,9-10,16H,3,7-8,11-15H2,1-2H3,(H2,21,22,23). The third-order valence-corrected chi connectivity index (χ3v) is 6.54. The van der Waals surface area contributed by atoms with Crippen molar-refractivity contribution in [3.05, 3.63) is 42.5 Å². The lowest BCUT2D eigenvalue weighted by Crippen LogP contribution is -2.45. The number of hydrogen-bond acceptors (Lipinski definition) is 4. The highest BCUT2D eigenvalue weighted by atomic mass is 32.2. The topological polar surface area (TPSA) is 67.1 Å². The van der Waals surface area contributed by atoms with Gasteiger partial charge in [-0.3, -0.25) is 4.99 Å². The van der Waals surface area contributed by atoms with Crippen molar-refractivity contribution in [2.75, 3.05) is 20.1 Å². The summed E-state index contributed by atoms with van der Waals surface area (Å²) in [5.74, 6) is 1.88. The number of guanidine groups is 1. The van der Waals surface area contributed by atoms with Crippen LogP contribution in [0.1, 0.15) is 38.4 Å². The SMILES string of the molecule is CCc1nncn1CCNC(=NC)NCC1(Sc2ccccc2)CCCC1. The zero-order valence-electron chi connectivity index (χ0n) is 16.3. The molecule has 0 amide bonds. The Bertz CT molecular complexity index is 721. The maximum absolute atomic E-state index is 4.39. The quantitative estimate of drug-likeness (QED) is 0.539. The summed E-state index contributed by atoms with van der Waals surface area (Å²) < 4.78 is 2.34. The van der Waals surface area contributed by atoms with Gasteiger partial charge in [-0.05, 0) is 25.0 Å². The van der Waals surface area contributed by atoms with Gasteiger partial charge in [0.05, 0.1) is 0 Å². The summed E-state index contributed by atoms with van der Waals surface area (Å²) in [6, 6.07) is 10.7. The lowest BCUT2D eigenvalue weighted by Gasteiger charge is -2.29. The average molecular weight is 387 g/mol. The number of nitrogens with one attached hydrogen (secondary N) is 2. The number of hydrogen-bond donors (Lipinski definition) is 2. The molecule has 0 atom stereocenters. The highest BCUT2D eigenvalue weighted by molar-refractivity contribution is 8.00. The van der Waals surface area contributed by atoms with Gasteiger partial charge in [0.2, 0.25) is 0 Å². The minimum atomic E-state index is 0.253. The van der Waals surface area contributed by atoms with Crippen molar-refractivity contribution in [1.82, 2.24) is 25.4 Å². The Kier molecular flexibility index (Phi) is 7.15. The highest BCUT2D eigenvalue weighted by Crippen LogP contribution is 2.44. The van der Waals surface area contributed by atoms with E-state index in [0.29, 0.717) is 0 Å². The van der Waals surface area contributed by atoms with Crippen LogP contribution in [-0.2, 0) is 13.0 Å². The number of thioether (sulfide) groups is 1. The van der Waals surface area contributed by atoms with Gasteiger partial charge in [-0.15, -0.1) is 22.0 Å². The Morgan fingerprint density at radius 1 is 1.22 bits per heavy atom. The van der Waals surface area contributed by atoms with Crippen molar-refractivity contribution in [3.63, 3.8) is 0 Å². The average Bonchev–Trinajstić information content (AvgIpc) is 3.35. The van der Waals surface area contributed by atoms with Crippen LogP contribution in [-0.4, -0.2) is 45.6 Å². The summed E-state index contributed by atoms with van der Waals surface area (Å²) in [5.41, 5.74) is 0. The molecule has 2 N–H and O–H groups in total. The Morgan fingerprint density at radius 3 is 2.70 bits per heavy atom. The highest BCUT2D eigenvalue weighted by Gasteiger charge is 2.35. The van der Waals surface area contributed by atoms with Gasteiger partial charge >= 0.3 is 0 Å². The van der Waals surface area contributed by atoms with Crippen molar-refractivity contribution in [2.24, 2.45) is 4.99 Å². The van der Waals surface area contributed by atoms with Crippen LogP contribution < -0.4 is 10.6 Å². The van der Waals surface area contributed by atoms with Gasteiger partial charge in [0.1, 0.15) is 12.2 Å². The van der Waals surface area contributed by atoms with E-state index in [1.807, 2.05) is 18.8 Å². The Hall–Kier alpha value is -2.02. The number of aryl methyl sites for hydroxylation is 1. The van der Waals surface area contributed by atoms with E-state index < -0.39 is 0 Å². The largest absolute Gasteiger partial charge is 0.355 e. The fourth-order valence-corrected chi connectivity index (χ4v) is 5.00. The van der Waals surface area contributed by atoms with E-state index in [4.69, 9.17) is 0 Å². The molecule has 3 rings (SSSR count). The number of benzene rings is 1. The molecule has 27 heavy (non-hydrogen) atoms. The molecule has 1 heterocycles. The number of rotatable bonds is 8. The first-order valence-electron chi connectivity index (χ1n) is 9.80. The van der Waals surface area contributed by atoms with Crippen LogP contribution in [0.3, 0.4) is 0 Å². The molecule has 0 spiro atoms. The van der Waals surface area contributed by atoms with Crippen LogP contribution in [0.15, 0.2) is 46.5 Å². The van der Waals surface area contributed by atoms with Crippen LogP contribution in [0, 0.1) is 0 Å². The van der Waals surface area contributed by atoms with E-state index in [1.54, 1.807) is 6.33 Å². The first-order chi connectivity index (χ1) is 13.2. The number of aliphatic imine (C=N–C) groups is 1. The predicted octanol–water partition coefficient (Wildman–Crippen LogP) is 3.11. The zero-order chi connectivity index (χ0) is 19.0. The summed E-state index contributed by atoms with van der Waals surface area (Å²) >= 11 is 2.01. The summed E-state index contributed by atoms with van der Waals surface area (Å²) in [7, 11) is 1.83. The lowest BCUT2D eigenvalue weighted by molar-refractivity contribution is 0.576. The van der Waals surface area contributed by atoms with E-state index in [9.17, 15) is 0 Å². The predicted molar refractivity (Wildman–Crippen MR) is 112 cm³/mol. The Balaban J connectivity index is 1.51. The second kappa shape index (κ2) is 9.78. The number of nitrogens with zero attached hydrogens (tertiary/aromatic N) is 4. The molecule has 0 saturated heterocycles. The van der Waals surface area contributed by atoms with Crippen LogP contribution in [0.5, 0.6) is 0 Å². The van der Waals surface area contributed by atoms with Gasteiger partial charge < -0.3 is 15.2 Å². The van der Waals surface area contributed by atoms with Crippen molar-refractivity contribution < 1.29 is 0 Å². The Labute approximate surface area is 166 Å². The molecule has 0 aliphatic heterocycles. The second-order valence-corrected chi connectivity index (χ2v) is 8.49. The minimum Gasteiger partial charge on any atom is -0.355 e. The number of aromatic nitrogens is 3. The van der Waals surface area contributed by atoms with Gasteiger partial charge in [-0.25, -0.2) is 0 Å². The van der Waals surface area contributed by atoms with Crippen LogP contribution in [0.4, 0.5) is 0 Å². The van der Waals surface area contributed by atoms with Crippen molar-refractivity contribution in [3.8, 4) is 0 Å². The van der Waals surface area contributed by atoms with Gasteiger partial charge in [0.15, 0.2) is 5.96 Å². The smallest absolute Gasteiger partial charge is 0.191 e. The molecule has 146 valence electrons. The van der Waals surface area contributed by atoms with Crippen LogP contribution >= 0.6 is 11.8 Å². The van der Waals surface area contributed by atoms with E-state index in [-0.39, 0.29) is 4.75 Å². The Morgan fingerprint density at radius 2 is 2.00 bits per heavy atom. The maximum Gasteiger partial charge on any atom is 0.191 e. The van der Waals surface area contributed by atoms with Crippen molar-refractivity contribution in [1.29, 1.82) is 0 Å². The fraction of sp³-hybridized carbons (Fsp3) is 0.550. The van der Waals surface area contributed by atoms with Gasteiger partial charge in [0.25, 0.3) is 0 Å². The molecule has 2 aromatic rings. The third kappa shape index (κ3) is 5.48. The molecule has 6 nitrogen and oxygen atoms in total. The molecule has 0 radical (unpaired) electrons. The zero-order valence-corrected chi connectivity index (χ0v) is 17.1. The fourth-order valence-electron chi connectivity index (χ4n) is 3.57. The normalized spacial score (nSPS) is 16.4. The van der Waals surface area contributed by atoms with E-state index in [0.717, 1.165) is 37.8 Å². The van der Waals surface area contributed by atoms with E-state index >= 15 is 0 Å². The molecular formula is C20H30N6S. The summed E-state index contributed by atoms with van der Waals surface area (Å²) in [6.45, 7) is 4.66. The maximum atomic E-state index is 4.39. The van der Waals surface area contributed by atoms with E-state index in [1.165, 1.54) is 30.6 Å². The monoisotopic (exact) mass is 386 g/mol. The molecule has 0 unspecified atom stereocenters. The van der Waals surface area contributed by atoms with E-state index in [2.05, 4.69) is 67.6 Å². The summed E-state index contributed by atoms with van der Waals surface area (Å²) in [6.07, 6.45) is 7.79. The molecule has 1 aliphatic carbocycles. The minimum absolute atomic E-state index is 0.253. The second-order valence-electron chi connectivity index (χ2n) is 6.95. The van der Waals surface area contributed by atoms with Crippen molar-refractivity contribution in [2.45, 2.75) is 55.2 Å². The lowest BCUT2D eigenvalue weighted by atomic mass is 10.1. The molecule has 1 aromatic carbocycles. The molecule has 7 heteroatoms. The summed E-state index contributed by atoms with van der Waals surface area (Å²) in [4.78, 5) is 5.74. The first kappa shape index (κ1) is 19.7. The van der Waals surface area contributed by atoms with Crippen LogP contribution in [0.25, 0.3) is 0 Å². The third-order valence-electron chi connectivity index (χ3n) is 5.05. The van der Waals surface area contributed by atoms with Gasteiger partial charge in [-0.2, -0.15) is 0 Å². The molecule has 1 aliphatic rings. The van der Waals surface area contributed by atoms with Gasteiger partial charge in [0, 0.05) is 42.7 Å². The van der Waals surface area contributed by atoms with Gasteiger partial charge in [-0.1, -0.05) is 38.0 Å². The molecule has 0 bridgehead atoms. The summed E-state index contributed by atoms with van der Waals surface area (Å²) in [5, 5.41) is 15.1. The molecule has 1 saturated carbocycles. The first-order valence-corrected chi connectivity index (χ1v) is 10.6. The molecular weight excluding hydrogens is 356 g/mol. The van der Waals surface area contributed by atoms with Crippen molar-refractivity contribution >= 4 is 17.7 Å². The molecule has 1 aromatic heterocycles. The van der Waals surface area contributed by atoms with Crippen LogP contribution in [0.2, 0.25) is 0 Å². The molecule has 1 fully saturated rings.